The van der Waals surface area contributed by atoms with Crippen LogP contribution in [0.5, 0.6) is 11.5 Å². The van der Waals surface area contributed by atoms with E-state index in [9.17, 15) is 9.59 Å². The van der Waals surface area contributed by atoms with Crippen LogP contribution in [0, 0.1) is 6.92 Å². The molecular formula is C21H18N2O5S. The zero-order chi connectivity index (χ0) is 20.2. The molecule has 0 radical (unpaired) electrons. The van der Waals surface area contributed by atoms with Gasteiger partial charge >= 0.3 is 5.97 Å². The third kappa shape index (κ3) is 4.55. The fourth-order valence-corrected chi connectivity index (χ4v) is 3.52. The van der Waals surface area contributed by atoms with Crippen LogP contribution in [0.15, 0.2) is 59.0 Å². The highest BCUT2D eigenvalue weighted by Crippen LogP contribution is 2.32. The van der Waals surface area contributed by atoms with Crippen molar-refractivity contribution in [2.24, 2.45) is 4.99 Å². The van der Waals surface area contributed by atoms with Gasteiger partial charge in [-0.2, -0.15) is 4.99 Å². The fraction of sp³-hybridized carbons (Fsp3) is 0.190. The molecule has 0 aliphatic carbocycles. The Labute approximate surface area is 170 Å². The number of esters is 1. The average Bonchev–Trinajstić information content (AvgIpc) is 3.36. The predicted octanol–water partition coefficient (Wildman–Crippen LogP) is 2.92. The van der Waals surface area contributed by atoms with Crippen molar-refractivity contribution in [2.45, 2.75) is 13.5 Å². The van der Waals surface area contributed by atoms with Crippen LogP contribution in [0.3, 0.4) is 0 Å². The summed E-state index contributed by atoms with van der Waals surface area (Å²) in [6, 6.07) is 12.9. The van der Waals surface area contributed by atoms with E-state index in [0.29, 0.717) is 22.8 Å². The van der Waals surface area contributed by atoms with Gasteiger partial charge in [-0.05, 0) is 30.7 Å². The molecule has 148 valence electrons. The highest BCUT2D eigenvalue weighted by molar-refractivity contribution is 7.07. The van der Waals surface area contributed by atoms with E-state index in [0.717, 1.165) is 5.56 Å². The number of carbonyl (C=O) groups is 2. The zero-order valence-electron chi connectivity index (χ0n) is 15.7. The Balaban J connectivity index is 1.39. The van der Waals surface area contributed by atoms with Gasteiger partial charge in [0.2, 0.25) is 6.79 Å². The normalized spacial score (nSPS) is 12.8. The number of benzene rings is 2. The third-order valence-corrected chi connectivity index (χ3v) is 5.08. The molecule has 2 aromatic carbocycles. The summed E-state index contributed by atoms with van der Waals surface area (Å²) in [5.74, 6) is -0.0978. The number of aryl methyl sites for hydroxylation is 1. The minimum absolute atomic E-state index is 0.120. The predicted molar refractivity (Wildman–Crippen MR) is 106 cm³/mol. The summed E-state index contributed by atoms with van der Waals surface area (Å²) >= 11 is 1.35. The van der Waals surface area contributed by atoms with E-state index < -0.39 is 18.5 Å². The van der Waals surface area contributed by atoms with Crippen LogP contribution in [0.4, 0.5) is 0 Å². The number of carbonyl (C=O) groups excluding carboxylic acids is 2. The molecule has 3 aromatic rings. The summed E-state index contributed by atoms with van der Waals surface area (Å²) in [7, 11) is 0. The topological polar surface area (TPSA) is 79.1 Å². The van der Waals surface area contributed by atoms with Crippen LogP contribution in [-0.2, 0) is 16.1 Å². The average molecular weight is 410 g/mol. The molecule has 4 rings (SSSR count). The Morgan fingerprint density at radius 1 is 1.14 bits per heavy atom. The lowest BCUT2D eigenvalue weighted by atomic mass is 10.1. The highest BCUT2D eigenvalue weighted by atomic mass is 32.1. The Kier molecular flexibility index (Phi) is 5.44. The minimum Gasteiger partial charge on any atom is -0.454 e. The minimum atomic E-state index is -0.620. The summed E-state index contributed by atoms with van der Waals surface area (Å²) < 4.78 is 17.4. The van der Waals surface area contributed by atoms with Crippen molar-refractivity contribution in [3.63, 3.8) is 0 Å². The Morgan fingerprint density at radius 3 is 2.76 bits per heavy atom. The molecule has 0 bridgehead atoms. The van der Waals surface area contributed by atoms with Crippen molar-refractivity contribution < 1.29 is 23.8 Å². The molecule has 0 saturated heterocycles. The summed E-state index contributed by atoms with van der Waals surface area (Å²) in [6.45, 7) is 2.32. The molecule has 1 amide bonds. The maximum absolute atomic E-state index is 12.2. The lowest BCUT2D eigenvalue weighted by Gasteiger charge is -2.05. The van der Waals surface area contributed by atoms with Gasteiger partial charge in [0.15, 0.2) is 22.9 Å². The third-order valence-electron chi connectivity index (χ3n) is 4.29. The maximum atomic E-state index is 12.2. The molecule has 1 aromatic heterocycles. The number of amides is 1. The van der Waals surface area contributed by atoms with E-state index >= 15 is 0 Å². The maximum Gasteiger partial charge on any atom is 0.338 e. The molecule has 1 aliphatic rings. The fourth-order valence-electron chi connectivity index (χ4n) is 2.77. The molecule has 0 atom stereocenters. The second kappa shape index (κ2) is 8.32. The summed E-state index contributed by atoms with van der Waals surface area (Å²) in [5, 5.41) is 1.86. The second-order valence-corrected chi connectivity index (χ2v) is 7.32. The zero-order valence-corrected chi connectivity index (χ0v) is 16.5. The van der Waals surface area contributed by atoms with Gasteiger partial charge in [-0.25, -0.2) is 4.79 Å². The van der Waals surface area contributed by atoms with Gasteiger partial charge < -0.3 is 18.8 Å². The molecule has 0 unspecified atom stereocenters. The van der Waals surface area contributed by atoms with E-state index in [1.807, 2.05) is 47.3 Å². The van der Waals surface area contributed by atoms with Crippen LogP contribution < -0.4 is 14.3 Å². The van der Waals surface area contributed by atoms with Gasteiger partial charge in [-0.3, -0.25) is 4.79 Å². The first-order valence-corrected chi connectivity index (χ1v) is 9.80. The van der Waals surface area contributed by atoms with Crippen LogP contribution in [0.2, 0.25) is 0 Å². The Hall–Kier alpha value is -3.39. The second-order valence-electron chi connectivity index (χ2n) is 6.45. The number of ether oxygens (including phenoxy) is 3. The molecule has 0 spiro atoms. The van der Waals surface area contributed by atoms with Gasteiger partial charge in [0.1, 0.15) is 0 Å². The Bertz CT molecular complexity index is 1110. The Morgan fingerprint density at radius 2 is 1.93 bits per heavy atom. The molecule has 8 heteroatoms. The monoisotopic (exact) mass is 410 g/mol. The van der Waals surface area contributed by atoms with E-state index in [2.05, 4.69) is 4.99 Å². The first kappa shape index (κ1) is 18.9. The van der Waals surface area contributed by atoms with Gasteiger partial charge in [-0.1, -0.05) is 29.8 Å². The van der Waals surface area contributed by atoms with Gasteiger partial charge in [0.05, 0.1) is 5.56 Å². The highest BCUT2D eigenvalue weighted by Gasteiger charge is 2.17. The van der Waals surface area contributed by atoms with E-state index in [-0.39, 0.29) is 12.4 Å². The van der Waals surface area contributed by atoms with Crippen molar-refractivity contribution in [3.8, 4) is 11.5 Å². The van der Waals surface area contributed by atoms with Crippen molar-refractivity contribution in [2.75, 3.05) is 13.4 Å². The van der Waals surface area contributed by atoms with Gasteiger partial charge in [-0.15, -0.1) is 11.3 Å². The molecular weight excluding hydrogens is 392 g/mol. The van der Waals surface area contributed by atoms with Gasteiger partial charge in [0, 0.05) is 18.1 Å². The lowest BCUT2D eigenvalue weighted by molar-refractivity contribution is -0.121. The van der Waals surface area contributed by atoms with E-state index in [1.54, 1.807) is 12.1 Å². The van der Waals surface area contributed by atoms with Crippen molar-refractivity contribution in [1.82, 2.24) is 4.57 Å². The molecule has 0 N–H and O–H groups in total. The number of thiazole rings is 1. The first-order chi connectivity index (χ1) is 14.1. The largest absolute Gasteiger partial charge is 0.454 e. The SMILES string of the molecule is Cc1ccc(Cn2ccsc2=NC(=O)COC(=O)c2ccc3c(c2)OCO3)cc1. The first-order valence-electron chi connectivity index (χ1n) is 8.92. The lowest BCUT2D eigenvalue weighted by Crippen LogP contribution is -2.20. The molecule has 1 aliphatic heterocycles. The van der Waals surface area contributed by atoms with Gasteiger partial charge in [0.25, 0.3) is 5.91 Å². The smallest absolute Gasteiger partial charge is 0.338 e. The summed E-state index contributed by atoms with van der Waals surface area (Å²) in [5.41, 5.74) is 2.58. The number of rotatable bonds is 5. The van der Waals surface area contributed by atoms with Crippen molar-refractivity contribution in [3.05, 3.63) is 75.5 Å². The molecule has 7 nitrogen and oxygen atoms in total. The summed E-state index contributed by atoms with van der Waals surface area (Å²) in [4.78, 5) is 29.0. The molecule has 0 saturated carbocycles. The molecule has 29 heavy (non-hydrogen) atoms. The number of aromatic nitrogens is 1. The summed E-state index contributed by atoms with van der Waals surface area (Å²) in [6.07, 6.45) is 1.87. The van der Waals surface area contributed by atoms with Crippen LogP contribution >= 0.6 is 11.3 Å². The van der Waals surface area contributed by atoms with Crippen molar-refractivity contribution >= 4 is 23.2 Å². The van der Waals surface area contributed by atoms with Crippen molar-refractivity contribution in [1.29, 1.82) is 0 Å². The van der Waals surface area contributed by atoms with E-state index in [1.165, 1.54) is 23.0 Å². The number of hydrogen-bond donors (Lipinski definition) is 0. The molecule has 2 heterocycles. The quantitative estimate of drug-likeness (QED) is 0.605. The van der Waals surface area contributed by atoms with Crippen LogP contribution in [0.25, 0.3) is 0 Å². The number of fused-ring (bicyclic) bond motifs is 1. The van der Waals surface area contributed by atoms with E-state index in [4.69, 9.17) is 14.2 Å². The molecule has 0 fully saturated rings. The number of hydrogen-bond acceptors (Lipinski definition) is 6. The van der Waals surface area contributed by atoms with Crippen LogP contribution in [-0.4, -0.2) is 29.8 Å². The van der Waals surface area contributed by atoms with Crippen LogP contribution in [0.1, 0.15) is 21.5 Å². The number of nitrogens with zero attached hydrogens (tertiary/aromatic N) is 2. The standard InChI is InChI=1S/C21H18N2O5S/c1-14-2-4-15(5-3-14)11-23-8-9-29-21(23)22-19(24)12-26-20(25)16-6-7-17-18(10-16)28-13-27-17/h2-10H,11-13H2,1H3.